The fraction of sp³-hybridized carbons (Fsp3) is 0.0714. The van der Waals surface area contributed by atoms with Gasteiger partial charge in [0.15, 0.2) is 0 Å². The van der Waals surface area contributed by atoms with Gasteiger partial charge in [-0.1, -0.05) is 40.9 Å². The molecule has 0 radical (unpaired) electrons. The van der Waals surface area contributed by atoms with Crippen molar-refractivity contribution in [2.75, 3.05) is 5.32 Å². The number of hydrogen-bond acceptors (Lipinski definition) is 2. The summed E-state index contributed by atoms with van der Waals surface area (Å²) in [6, 6.07) is 9.33. The Morgan fingerprint density at radius 1 is 1.05 bits per heavy atom. The molecule has 0 spiro atoms. The van der Waals surface area contributed by atoms with Gasteiger partial charge in [0.05, 0.1) is 12.1 Å². The largest absolute Gasteiger partial charge is 0.506 e. The molecule has 0 unspecified atom stereocenters. The van der Waals surface area contributed by atoms with Crippen LogP contribution in [0.1, 0.15) is 5.56 Å². The van der Waals surface area contributed by atoms with E-state index < -0.39 is 0 Å². The Hall–Kier alpha value is -1.42. The Bertz CT molecular complexity index is 659. The molecule has 0 aliphatic rings. The third kappa shape index (κ3) is 3.79. The summed E-state index contributed by atoms with van der Waals surface area (Å²) in [6.45, 7) is 0. The van der Waals surface area contributed by atoms with E-state index in [2.05, 4.69) is 5.32 Å². The Morgan fingerprint density at radius 3 is 2.40 bits per heavy atom. The maximum atomic E-state index is 11.9. The summed E-state index contributed by atoms with van der Waals surface area (Å²) in [5, 5.41) is 13.5. The highest BCUT2D eigenvalue weighted by atomic mass is 35.5. The van der Waals surface area contributed by atoms with Crippen molar-refractivity contribution >= 4 is 46.4 Å². The lowest BCUT2D eigenvalue weighted by Crippen LogP contribution is -2.14. The summed E-state index contributed by atoms with van der Waals surface area (Å²) >= 11 is 17.6. The Balaban J connectivity index is 2.11. The van der Waals surface area contributed by atoms with Crippen LogP contribution in [0.2, 0.25) is 15.1 Å². The second-order valence-electron chi connectivity index (χ2n) is 4.12. The van der Waals surface area contributed by atoms with Crippen LogP contribution >= 0.6 is 34.8 Å². The predicted molar refractivity (Wildman–Crippen MR) is 81.9 cm³/mol. The fourth-order valence-corrected chi connectivity index (χ4v) is 2.29. The van der Waals surface area contributed by atoms with E-state index in [0.29, 0.717) is 20.6 Å². The van der Waals surface area contributed by atoms with Crippen molar-refractivity contribution in [1.29, 1.82) is 0 Å². The number of amides is 1. The van der Waals surface area contributed by atoms with Crippen LogP contribution in [-0.2, 0) is 11.2 Å². The van der Waals surface area contributed by atoms with Gasteiger partial charge in [0.25, 0.3) is 0 Å². The molecular formula is C14H10Cl3NO2. The van der Waals surface area contributed by atoms with Gasteiger partial charge in [-0.15, -0.1) is 0 Å². The summed E-state index contributed by atoms with van der Waals surface area (Å²) in [4.78, 5) is 11.9. The molecule has 0 aromatic heterocycles. The first kappa shape index (κ1) is 15.0. The number of carbonyl (C=O) groups is 1. The Kier molecular flexibility index (Phi) is 4.76. The Labute approximate surface area is 131 Å². The first-order valence-electron chi connectivity index (χ1n) is 5.68. The zero-order valence-corrected chi connectivity index (χ0v) is 12.4. The van der Waals surface area contributed by atoms with E-state index in [1.807, 2.05) is 0 Å². The van der Waals surface area contributed by atoms with Crippen LogP contribution in [-0.4, -0.2) is 11.0 Å². The van der Waals surface area contributed by atoms with Gasteiger partial charge in [-0.3, -0.25) is 4.79 Å². The number of phenols is 1. The molecule has 6 heteroatoms. The molecule has 0 atom stereocenters. The third-order valence-electron chi connectivity index (χ3n) is 2.60. The smallest absolute Gasteiger partial charge is 0.228 e. The molecule has 0 aliphatic heterocycles. The van der Waals surface area contributed by atoms with Crippen molar-refractivity contribution < 1.29 is 9.90 Å². The minimum Gasteiger partial charge on any atom is -0.506 e. The molecule has 0 aliphatic carbocycles. The maximum Gasteiger partial charge on any atom is 0.228 e. The molecule has 2 rings (SSSR count). The molecule has 0 heterocycles. The summed E-state index contributed by atoms with van der Waals surface area (Å²) in [5.41, 5.74) is 0.905. The molecule has 0 saturated heterocycles. The van der Waals surface area contributed by atoms with Crippen LogP contribution < -0.4 is 5.32 Å². The van der Waals surface area contributed by atoms with Crippen LogP contribution in [0.3, 0.4) is 0 Å². The summed E-state index contributed by atoms with van der Waals surface area (Å²) in [7, 11) is 0. The molecular weight excluding hydrogens is 321 g/mol. The highest BCUT2D eigenvalue weighted by molar-refractivity contribution is 6.35. The van der Waals surface area contributed by atoms with E-state index in [1.165, 1.54) is 18.2 Å². The first-order chi connectivity index (χ1) is 9.45. The van der Waals surface area contributed by atoms with E-state index in [0.717, 1.165) is 0 Å². The summed E-state index contributed by atoms with van der Waals surface area (Å²) in [5.74, 6) is -0.364. The van der Waals surface area contributed by atoms with Gasteiger partial charge in [0.2, 0.25) is 5.91 Å². The lowest BCUT2D eigenvalue weighted by atomic mass is 10.1. The standard InChI is InChI=1S/C14H10Cl3NO2/c15-9-2-1-8(11(17)6-9)5-14(20)18-12-7-10(16)3-4-13(12)19/h1-4,6-7,19H,5H2,(H,18,20). The summed E-state index contributed by atoms with van der Waals surface area (Å²) < 4.78 is 0. The van der Waals surface area contributed by atoms with Crippen molar-refractivity contribution in [1.82, 2.24) is 0 Å². The molecule has 0 bridgehead atoms. The molecule has 2 aromatic rings. The first-order valence-corrected chi connectivity index (χ1v) is 6.81. The number of nitrogens with one attached hydrogen (secondary N) is 1. The zero-order chi connectivity index (χ0) is 14.7. The lowest BCUT2D eigenvalue weighted by molar-refractivity contribution is -0.115. The van der Waals surface area contributed by atoms with E-state index in [4.69, 9.17) is 34.8 Å². The number of anilines is 1. The van der Waals surface area contributed by atoms with E-state index >= 15 is 0 Å². The van der Waals surface area contributed by atoms with Crippen LogP contribution in [0.4, 0.5) is 5.69 Å². The van der Waals surface area contributed by atoms with Crippen molar-refractivity contribution in [3.8, 4) is 5.75 Å². The van der Waals surface area contributed by atoms with E-state index in [9.17, 15) is 9.90 Å². The number of phenolic OH excluding ortho intramolecular Hbond substituents is 1. The number of hydrogen-bond donors (Lipinski definition) is 2. The average molecular weight is 331 g/mol. The van der Waals surface area contributed by atoms with Crippen molar-refractivity contribution in [2.45, 2.75) is 6.42 Å². The highest BCUT2D eigenvalue weighted by Crippen LogP contribution is 2.27. The fourth-order valence-electron chi connectivity index (χ4n) is 1.64. The van der Waals surface area contributed by atoms with Crippen molar-refractivity contribution in [3.63, 3.8) is 0 Å². The topological polar surface area (TPSA) is 49.3 Å². The van der Waals surface area contributed by atoms with Gasteiger partial charge >= 0.3 is 0 Å². The monoisotopic (exact) mass is 329 g/mol. The quantitative estimate of drug-likeness (QED) is 0.812. The summed E-state index contributed by atoms with van der Waals surface area (Å²) in [6.07, 6.45) is 0.0714. The van der Waals surface area contributed by atoms with Gasteiger partial charge in [0.1, 0.15) is 5.75 Å². The van der Waals surface area contributed by atoms with Gasteiger partial charge < -0.3 is 10.4 Å². The number of halogens is 3. The number of benzene rings is 2. The molecule has 1 amide bonds. The van der Waals surface area contributed by atoms with Crippen molar-refractivity contribution in [3.05, 3.63) is 57.0 Å². The minimum absolute atomic E-state index is 0.0510. The number of aromatic hydroxyl groups is 1. The average Bonchev–Trinajstić information content (AvgIpc) is 2.37. The van der Waals surface area contributed by atoms with E-state index in [-0.39, 0.29) is 23.8 Å². The van der Waals surface area contributed by atoms with Crippen LogP contribution in [0.5, 0.6) is 5.75 Å². The van der Waals surface area contributed by atoms with E-state index in [1.54, 1.807) is 18.2 Å². The van der Waals surface area contributed by atoms with Crippen LogP contribution in [0, 0.1) is 0 Å². The maximum absolute atomic E-state index is 11.9. The molecule has 0 saturated carbocycles. The van der Waals surface area contributed by atoms with Crippen molar-refractivity contribution in [2.24, 2.45) is 0 Å². The van der Waals surface area contributed by atoms with Gasteiger partial charge in [-0.2, -0.15) is 0 Å². The Morgan fingerprint density at radius 2 is 1.70 bits per heavy atom. The van der Waals surface area contributed by atoms with Crippen LogP contribution in [0.15, 0.2) is 36.4 Å². The molecule has 2 N–H and O–H groups in total. The number of rotatable bonds is 3. The SMILES string of the molecule is O=C(Cc1ccc(Cl)cc1Cl)Nc1cc(Cl)ccc1O. The molecule has 20 heavy (non-hydrogen) atoms. The minimum atomic E-state index is -0.313. The molecule has 0 fully saturated rings. The third-order valence-corrected chi connectivity index (χ3v) is 3.42. The molecule has 2 aromatic carbocycles. The zero-order valence-electron chi connectivity index (χ0n) is 10.2. The normalized spacial score (nSPS) is 10.3. The molecule has 104 valence electrons. The second kappa shape index (κ2) is 6.35. The van der Waals surface area contributed by atoms with Crippen LogP contribution in [0.25, 0.3) is 0 Å². The second-order valence-corrected chi connectivity index (χ2v) is 5.40. The highest BCUT2D eigenvalue weighted by Gasteiger charge is 2.10. The van der Waals surface area contributed by atoms with Gasteiger partial charge in [-0.25, -0.2) is 0 Å². The lowest BCUT2D eigenvalue weighted by Gasteiger charge is -2.09. The van der Waals surface area contributed by atoms with Gasteiger partial charge in [-0.05, 0) is 35.9 Å². The molecule has 3 nitrogen and oxygen atoms in total. The number of carbonyl (C=O) groups excluding carboxylic acids is 1. The predicted octanol–water partition coefficient (Wildman–Crippen LogP) is 4.53. The van der Waals surface area contributed by atoms with Gasteiger partial charge in [0, 0.05) is 15.1 Å².